The number of nitrogens with one attached hydrogen (secondary N) is 1. The molecule has 1 saturated carbocycles. The van der Waals surface area contributed by atoms with Gasteiger partial charge in [-0.3, -0.25) is 0 Å². The summed E-state index contributed by atoms with van der Waals surface area (Å²) < 4.78 is 11.4. The van der Waals surface area contributed by atoms with Gasteiger partial charge in [0.2, 0.25) is 0 Å². The Morgan fingerprint density at radius 1 is 1.74 bits per heavy atom. The average molecular weight is 347 g/mol. The van der Waals surface area contributed by atoms with E-state index in [4.69, 9.17) is 4.74 Å². The van der Waals surface area contributed by atoms with Gasteiger partial charge in [0.15, 0.2) is 0 Å². The summed E-state index contributed by atoms with van der Waals surface area (Å²) in [5, 5.41) is 6.35. The van der Waals surface area contributed by atoms with E-state index >= 15 is 0 Å². The third kappa shape index (κ3) is 2.33. The first-order chi connectivity index (χ1) is 9.14. The summed E-state index contributed by atoms with van der Waals surface area (Å²) in [5.74, 6) is 0.253. The largest absolute Gasteiger partial charge is 0.467 e. The fourth-order valence-corrected chi connectivity index (χ4v) is 4.52. The van der Waals surface area contributed by atoms with Crippen LogP contribution >= 0.6 is 27.3 Å². The molecule has 7 heteroatoms. The summed E-state index contributed by atoms with van der Waals surface area (Å²) in [5.41, 5.74) is -0.478. The molecule has 19 heavy (non-hydrogen) atoms. The predicted octanol–water partition coefficient (Wildman–Crippen LogP) is 1.67. The number of fused-ring (bicyclic) bond motifs is 2. The van der Waals surface area contributed by atoms with Crippen molar-refractivity contribution in [1.29, 1.82) is 0 Å². The quantitative estimate of drug-likeness (QED) is 0.840. The van der Waals surface area contributed by atoms with Gasteiger partial charge in [0, 0.05) is 11.4 Å². The smallest absolute Gasteiger partial charge is 0.331 e. The maximum atomic E-state index is 11.4. The zero-order valence-electron chi connectivity index (χ0n) is 10.5. The molecular formula is C12H15BrN2O3S. The molecule has 1 aromatic rings. The molecule has 2 fully saturated rings. The van der Waals surface area contributed by atoms with Crippen molar-refractivity contribution in [3.8, 4) is 0 Å². The van der Waals surface area contributed by atoms with Gasteiger partial charge in [-0.2, -0.15) is 0 Å². The molecule has 3 atom stereocenters. The minimum Gasteiger partial charge on any atom is -0.467 e. The highest BCUT2D eigenvalue weighted by Gasteiger charge is 2.55. The van der Waals surface area contributed by atoms with Crippen molar-refractivity contribution in [2.75, 3.05) is 20.3 Å². The standard InChI is InChI=1S/C12H15BrN2O3S/c1-17-10(16)5-18-12(11-15-9(13)6-19-11)3-7-2-8(12)14-4-7/h6-8,14H,2-5H2,1H3. The van der Waals surface area contributed by atoms with Crippen molar-refractivity contribution in [2.24, 2.45) is 5.92 Å². The number of carbonyl (C=O) groups is 1. The minimum absolute atomic E-state index is 0.0292. The minimum atomic E-state index is -0.478. The van der Waals surface area contributed by atoms with E-state index in [-0.39, 0.29) is 18.6 Å². The Kier molecular flexibility index (Phi) is 3.63. The highest BCUT2D eigenvalue weighted by Crippen LogP contribution is 2.49. The Morgan fingerprint density at radius 2 is 2.58 bits per heavy atom. The first-order valence-corrected chi connectivity index (χ1v) is 7.87. The summed E-state index contributed by atoms with van der Waals surface area (Å²) >= 11 is 4.95. The van der Waals surface area contributed by atoms with Crippen molar-refractivity contribution in [1.82, 2.24) is 10.3 Å². The van der Waals surface area contributed by atoms with Crippen LogP contribution < -0.4 is 5.32 Å². The van der Waals surface area contributed by atoms with Gasteiger partial charge in [-0.1, -0.05) is 0 Å². The van der Waals surface area contributed by atoms with Gasteiger partial charge >= 0.3 is 5.97 Å². The number of aromatic nitrogens is 1. The van der Waals surface area contributed by atoms with Crippen molar-refractivity contribution in [2.45, 2.75) is 24.5 Å². The molecule has 1 aliphatic carbocycles. The Labute approximate surface area is 123 Å². The lowest BCUT2D eigenvalue weighted by molar-refractivity contribution is -0.156. The SMILES string of the molecule is COC(=O)COC1(c2nc(Br)cs2)CC2CNC1C2. The fourth-order valence-electron chi connectivity index (χ4n) is 3.04. The second kappa shape index (κ2) is 5.12. The molecule has 1 aromatic heterocycles. The highest BCUT2D eigenvalue weighted by molar-refractivity contribution is 9.10. The van der Waals surface area contributed by atoms with Gasteiger partial charge in [-0.05, 0) is 41.2 Å². The van der Waals surface area contributed by atoms with Crippen LogP contribution in [0.1, 0.15) is 17.8 Å². The number of nitrogens with zero attached hydrogens (tertiary/aromatic N) is 1. The Balaban J connectivity index is 1.86. The van der Waals surface area contributed by atoms with Gasteiger partial charge in [0.05, 0.1) is 7.11 Å². The van der Waals surface area contributed by atoms with E-state index in [2.05, 4.69) is 31.0 Å². The van der Waals surface area contributed by atoms with Gasteiger partial charge in [0.1, 0.15) is 21.8 Å². The van der Waals surface area contributed by atoms with Crippen molar-refractivity contribution >= 4 is 33.2 Å². The molecule has 2 bridgehead atoms. The number of rotatable bonds is 4. The molecule has 1 N–H and O–H groups in total. The summed E-state index contributed by atoms with van der Waals surface area (Å²) in [7, 11) is 1.37. The summed E-state index contributed by atoms with van der Waals surface area (Å²) in [6, 6.07) is 0.236. The van der Waals surface area contributed by atoms with Crippen LogP contribution in [0, 0.1) is 5.92 Å². The predicted molar refractivity (Wildman–Crippen MR) is 74.0 cm³/mol. The van der Waals surface area contributed by atoms with E-state index in [0.29, 0.717) is 5.92 Å². The molecule has 1 saturated heterocycles. The Bertz CT molecular complexity index is 495. The van der Waals surface area contributed by atoms with Gasteiger partial charge < -0.3 is 14.8 Å². The molecule has 3 rings (SSSR count). The normalized spacial score (nSPS) is 32.7. The molecule has 5 nitrogen and oxygen atoms in total. The van der Waals surface area contributed by atoms with Crippen LogP contribution in [-0.2, 0) is 19.9 Å². The van der Waals surface area contributed by atoms with Crippen LogP contribution in [0.15, 0.2) is 9.98 Å². The monoisotopic (exact) mass is 346 g/mol. The number of thiazole rings is 1. The van der Waals surface area contributed by atoms with Crippen LogP contribution in [-0.4, -0.2) is 37.3 Å². The summed E-state index contributed by atoms with van der Waals surface area (Å²) in [6.07, 6.45) is 2.00. The van der Waals surface area contributed by atoms with Gasteiger partial charge in [-0.15, -0.1) is 11.3 Å². The van der Waals surface area contributed by atoms with E-state index in [9.17, 15) is 4.79 Å². The lowest BCUT2D eigenvalue weighted by Gasteiger charge is -2.36. The highest BCUT2D eigenvalue weighted by atomic mass is 79.9. The van der Waals surface area contributed by atoms with Crippen molar-refractivity contribution < 1.29 is 14.3 Å². The van der Waals surface area contributed by atoms with Gasteiger partial charge in [-0.25, -0.2) is 9.78 Å². The maximum Gasteiger partial charge on any atom is 0.331 e. The van der Waals surface area contributed by atoms with Crippen molar-refractivity contribution in [3.63, 3.8) is 0 Å². The summed E-state index contributed by atoms with van der Waals surface area (Å²) in [6.45, 7) is 0.999. The van der Waals surface area contributed by atoms with Crippen LogP contribution in [0.3, 0.4) is 0 Å². The van der Waals surface area contributed by atoms with Crippen LogP contribution in [0.25, 0.3) is 0 Å². The molecule has 3 unspecified atom stereocenters. The Hall–Kier alpha value is -0.500. The molecular weight excluding hydrogens is 332 g/mol. The second-order valence-corrected chi connectivity index (χ2v) is 6.67. The third-order valence-electron chi connectivity index (χ3n) is 3.89. The van der Waals surface area contributed by atoms with E-state index in [0.717, 1.165) is 29.0 Å². The zero-order chi connectivity index (χ0) is 13.5. The van der Waals surface area contributed by atoms with Crippen LogP contribution in [0.4, 0.5) is 0 Å². The van der Waals surface area contributed by atoms with E-state index in [1.807, 2.05) is 5.38 Å². The third-order valence-corrected chi connectivity index (χ3v) is 5.60. The topological polar surface area (TPSA) is 60.5 Å². The number of methoxy groups -OCH3 is 1. The van der Waals surface area contributed by atoms with E-state index in [1.165, 1.54) is 7.11 Å². The zero-order valence-corrected chi connectivity index (χ0v) is 12.9. The number of hydrogen-bond donors (Lipinski definition) is 1. The molecule has 0 spiro atoms. The molecule has 2 heterocycles. The maximum absolute atomic E-state index is 11.4. The number of halogens is 1. The van der Waals surface area contributed by atoms with E-state index in [1.54, 1.807) is 11.3 Å². The number of carbonyl (C=O) groups excluding carboxylic acids is 1. The lowest BCUT2D eigenvalue weighted by Crippen LogP contribution is -2.48. The molecule has 1 aliphatic heterocycles. The van der Waals surface area contributed by atoms with Crippen LogP contribution in [0.5, 0.6) is 0 Å². The average Bonchev–Trinajstić information content (AvgIpc) is 3.11. The summed E-state index contributed by atoms with van der Waals surface area (Å²) in [4.78, 5) is 15.9. The number of esters is 1. The number of piperidine rings is 1. The molecule has 104 valence electrons. The molecule has 2 aliphatic rings. The van der Waals surface area contributed by atoms with Gasteiger partial charge in [0.25, 0.3) is 0 Å². The fraction of sp³-hybridized carbons (Fsp3) is 0.667. The number of ether oxygens (including phenoxy) is 2. The first-order valence-electron chi connectivity index (χ1n) is 6.19. The Morgan fingerprint density at radius 3 is 3.11 bits per heavy atom. The first kappa shape index (κ1) is 13.5. The number of hydrogen-bond acceptors (Lipinski definition) is 6. The molecule has 0 aromatic carbocycles. The lowest BCUT2D eigenvalue weighted by atomic mass is 9.94. The molecule has 0 amide bonds. The van der Waals surface area contributed by atoms with Crippen LogP contribution in [0.2, 0.25) is 0 Å². The van der Waals surface area contributed by atoms with Crippen molar-refractivity contribution in [3.05, 3.63) is 15.0 Å². The second-order valence-electron chi connectivity index (χ2n) is 5.00. The van der Waals surface area contributed by atoms with E-state index < -0.39 is 5.60 Å². The molecule has 0 radical (unpaired) electrons.